The van der Waals surface area contributed by atoms with E-state index in [1.807, 2.05) is 24.4 Å². The number of nitrogens with zero attached hydrogens (tertiary/aromatic N) is 4. The molecule has 0 unspecified atom stereocenters. The number of hydrogen-bond donors (Lipinski definition) is 1. The monoisotopic (exact) mass is 403 g/mol. The molecule has 28 heavy (non-hydrogen) atoms. The van der Waals surface area contributed by atoms with Crippen LogP contribution >= 0.6 is 12.4 Å². The van der Waals surface area contributed by atoms with Crippen LogP contribution < -0.4 is 5.32 Å². The summed E-state index contributed by atoms with van der Waals surface area (Å²) in [4.78, 5) is 0. The number of nitrogens with one attached hydrogen (secondary N) is 1. The van der Waals surface area contributed by atoms with E-state index in [-0.39, 0.29) is 24.4 Å². The predicted octanol–water partition coefficient (Wildman–Crippen LogP) is 3.75. The Morgan fingerprint density at radius 2 is 2.04 bits per heavy atom. The molecule has 2 aromatic heterocycles. The van der Waals surface area contributed by atoms with Crippen molar-refractivity contribution in [2.45, 2.75) is 24.9 Å². The molecular formula is C19H16ClF2N5O. The van der Waals surface area contributed by atoms with Crippen molar-refractivity contribution >= 4 is 23.4 Å². The van der Waals surface area contributed by atoms with Crippen molar-refractivity contribution in [1.82, 2.24) is 25.5 Å². The fraction of sp³-hybridized carbons (Fsp3) is 0.211. The zero-order chi connectivity index (χ0) is 18.4. The molecule has 0 bridgehead atoms. The SMILES string of the molecule is Cl.Fc1ccc([C@@H]2C[C@H]2NCc2cn(-c3ccc4oncc4c3)nn2)cc1F. The summed E-state index contributed by atoms with van der Waals surface area (Å²) in [6.07, 6.45) is 4.41. The molecule has 0 amide bonds. The van der Waals surface area contributed by atoms with Crippen molar-refractivity contribution in [2.24, 2.45) is 0 Å². The van der Waals surface area contributed by atoms with Gasteiger partial charge in [0.1, 0.15) is 0 Å². The number of hydrogen-bond acceptors (Lipinski definition) is 5. The smallest absolute Gasteiger partial charge is 0.166 e. The second-order valence-electron chi connectivity index (χ2n) is 6.71. The summed E-state index contributed by atoms with van der Waals surface area (Å²) in [6, 6.07) is 9.98. The standard InChI is InChI=1S/C19H15F2N5O.ClH/c20-16-3-1-11(6-17(16)21)15-7-18(15)22-9-13-10-26(25-24-13)14-2-4-19-12(5-14)8-23-27-19;/h1-6,8,10,15,18,22H,7,9H2;1H/t15-,18+;/m0./s1. The second kappa shape index (κ2) is 7.29. The number of benzene rings is 2. The van der Waals surface area contributed by atoms with E-state index >= 15 is 0 Å². The van der Waals surface area contributed by atoms with Gasteiger partial charge in [-0.1, -0.05) is 16.4 Å². The van der Waals surface area contributed by atoms with Crippen LogP contribution in [0.25, 0.3) is 16.7 Å². The Bertz CT molecular complexity index is 1130. The second-order valence-corrected chi connectivity index (χ2v) is 6.71. The zero-order valence-corrected chi connectivity index (χ0v) is 15.4. The fourth-order valence-corrected chi connectivity index (χ4v) is 3.28. The quantitative estimate of drug-likeness (QED) is 0.549. The van der Waals surface area contributed by atoms with Gasteiger partial charge < -0.3 is 9.84 Å². The summed E-state index contributed by atoms with van der Waals surface area (Å²) in [5.74, 6) is -1.41. The maximum Gasteiger partial charge on any atom is 0.166 e. The molecule has 5 rings (SSSR count). The molecule has 6 nitrogen and oxygen atoms in total. The summed E-state index contributed by atoms with van der Waals surface area (Å²) >= 11 is 0. The van der Waals surface area contributed by atoms with E-state index in [4.69, 9.17) is 4.52 Å². The van der Waals surface area contributed by atoms with Crippen molar-refractivity contribution in [3.63, 3.8) is 0 Å². The van der Waals surface area contributed by atoms with E-state index in [2.05, 4.69) is 20.8 Å². The van der Waals surface area contributed by atoms with Gasteiger partial charge in [0.2, 0.25) is 0 Å². The summed E-state index contributed by atoms with van der Waals surface area (Å²) < 4.78 is 33.2. The first-order valence-corrected chi connectivity index (χ1v) is 8.62. The fourth-order valence-electron chi connectivity index (χ4n) is 3.28. The zero-order valence-electron chi connectivity index (χ0n) is 14.5. The summed E-state index contributed by atoms with van der Waals surface area (Å²) in [7, 11) is 0. The number of aromatic nitrogens is 4. The third kappa shape index (κ3) is 3.48. The third-order valence-corrected chi connectivity index (χ3v) is 4.85. The van der Waals surface area contributed by atoms with E-state index in [1.54, 1.807) is 16.9 Å². The van der Waals surface area contributed by atoms with Crippen LogP contribution in [0.4, 0.5) is 8.78 Å². The van der Waals surface area contributed by atoms with Crippen molar-refractivity contribution in [1.29, 1.82) is 0 Å². The van der Waals surface area contributed by atoms with Crippen LogP contribution in [0.1, 0.15) is 23.6 Å². The van der Waals surface area contributed by atoms with Gasteiger partial charge in [0, 0.05) is 23.9 Å². The third-order valence-electron chi connectivity index (χ3n) is 4.85. The van der Waals surface area contributed by atoms with Gasteiger partial charge in [0.25, 0.3) is 0 Å². The lowest BCUT2D eigenvalue weighted by molar-refractivity contribution is 0.456. The van der Waals surface area contributed by atoms with Gasteiger partial charge in [-0.25, -0.2) is 13.5 Å². The van der Waals surface area contributed by atoms with E-state index in [0.717, 1.165) is 34.3 Å². The first-order valence-electron chi connectivity index (χ1n) is 8.62. The molecule has 1 N–H and O–H groups in total. The van der Waals surface area contributed by atoms with Crippen LogP contribution in [0.3, 0.4) is 0 Å². The molecule has 1 fully saturated rings. The average molecular weight is 404 g/mol. The van der Waals surface area contributed by atoms with Gasteiger partial charge in [-0.2, -0.15) is 0 Å². The van der Waals surface area contributed by atoms with Gasteiger partial charge in [-0.15, -0.1) is 17.5 Å². The van der Waals surface area contributed by atoms with E-state index < -0.39 is 11.6 Å². The molecule has 0 spiro atoms. The molecule has 2 aromatic carbocycles. The normalized spacial score (nSPS) is 18.2. The Balaban J connectivity index is 0.00000192. The lowest BCUT2D eigenvalue weighted by atomic mass is 10.1. The molecule has 0 radical (unpaired) electrons. The Kier molecular flexibility index (Phi) is 4.82. The average Bonchev–Trinajstić information content (AvgIpc) is 3.07. The molecule has 0 aliphatic heterocycles. The molecule has 1 aliphatic carbocycles. The van der Waals surface area contributed by atoms with E-state index in [1.165, 1.54) is 12.1 Å². The molecule has 9 heteroatoms. The van der Waals surface area contributed by atoms with Crippen molar-refractivity contribution in [3.05, 3.63) is 71.7 Å². The lowest BCUT2D eigenvalue weighted by Crippen LogP contribution is -2.17. The van der Waals surface area contributed by atoms with Crippen LogP contribution in [0.15, 0.2) is 53.3 Å². The van der Waals surface area contributed by atoms with E-state index in [0.29, 0.717) is 6.54 Å². The Morgan fingerprint density at radius 3 is 2.89 bits per heavy atom. The topological polar surface area (TPSA) is 68.8 Å². The van der Waals surface area contributed by atoms with Gasteiger partial charge in [-0.05, 0) is 42.3 Å². The largest absolute Gasteiger partial charge is 0.356 e. The van der Waals surface area contributed by atoms with Gasteiger partial charge in [0.05, 0.1) is 23.8 Å². The maximum absolute atomic E-state index is 13.4. The highest BCUT2D eigenvalue weighted by molar-refractivity contribution is 5.85. The van der Waals surface area contributed by atoms with Crippen molar-refractivity contribution in [3.8, 4) is 5.69 Å². The maximum atomic E-state index is 13.4. The highest BCUT2D eigenvalue weighted by atomic mass is 35.5. The van der Waals surface area contributed by atoms with Crippen LogP contribution in [-0.4, -0.2) is 26.2 Å². The van der Waals surface area contributed by atoms with Gasteiger partial charge >= 0.3 is 0 Å². The summed E-state index contributed by atoms with van der Waals surface area (Å²) in [5.41, 5.74) is 3.21. The van der Waals surface area contributed by atoms with Gasteiger partial charge in [-0.3, -0.25) is 0 Å². The molecular weight excluding hydrogens is 388 g/mol. The van der Waals surface area contributed by atoms with Crippen LogP contribution in [0, 0.1) is 11.6 Å². The van der Waals surface area contributed by atoms with E-state index in [9.17, 15) is 8.78 Å². The molecule has 144 valence electrons. The molecule has 2 heterocycles. The van der Waals surface area contributed by atoms with Crippen LogP contribution in [0.5, 0.6) is 0 Å². The molecule has 0 saturated heterocycles. The number of rotatable bonds is 5. The van der Waals surface area contributed by atoms with Gasteiger partial charge in [0.15, 0.2) is 17.2 Å². The minimum atomic E-state index is -0.815. The van der Waals surface area contributed by atoms with Crippen molar-refractivity contribution in [2.75, 3.05) is 0 Å². The first-order chi connectivity index (χ1) is 13.2. The Hall–Kier alpha value is -2.84. The predicted molar refractivity (Wildman–Crippen MR) is 101 cm³/mol. The highest BCUT2D eigenvalue weighted by Gasteiger charge is 2.38. The molecule has 4 aromatic rings. The Labute approximate surface area is 164 Å². The van der Waals surface area contributed by atoms with Crippen LogP contribution in [0.2, 0.25) is 0 Å². The summed E-state index contributed by atoms with van der Waals surface area (Å²) in [5, 5.41) is 16.4. The van der Waals surface area contributed by atoms with Crippen LogP contribution in [-0.2, 0) is 6.54 Å². The molecule has 2 atom stereocenters. The number of halogens is 3. The molecule has 1 saturated carbocycles. The minimum Gasteiger partial charge on any atom is -0.356 e. The Morgan fingerprint density at radius 1 is 1.14 bits per heavy atom. The minimum absolute atomic E-state index is 0. The molecule has 1 aliphatic rings. The lowest BCUT2D eigenvalue weighted by Gasteiger charge is -2.03. The highest BCUT2D eigenvalue weighted by Crippen LogP contribution is 2.41. The van der Waals surface area contributed by atoms with Crippen molar-refractivity contribution < 1.29 is 13.3 Å². The summed E-state index contributed by atoms with van der Waals surface area (Å²) in [6.45, 7) is 0.556. The first kappa shape index (κ1) is 18.5. The number of fused-ring (bicyclic) bond motifs is 1.